The lowest BCUT2D eigenvalue weighted by Crippen LogP contribution is -2.01. The van der Waals surface area contributed by atoms with Crippen LogP contribution in [0.2, 0.25) is 0 Å². The van der Waals surface area contributed by atoms with Gasteiger partial charge in [-0.3, -0.25) is 0 Å². The Bertz CT molecular complexity index is 298. The van der Waals surface area contributed by atoms with Crippen molar-refractivity contribution in [2.24, 2.45) is 5.73 Å². The van der Waals surface area contributed by atoms with Crippen molar-refractivity contribution in [1.82, 2.24) is 0 Å². The Labute approximate surface area is 88.1 Å². The van der Waals surface area contributed by atoms with Crippen LogP contribution in [0.3, 0.4) is 0 Å². The van der Waals surface area contributed by atoms with E-state index in [1.54, 1.807) is 10.8 Å². The molecular weight excluding hydrogens is 194 g/mol. The van der Waals surface area contributed by atoms with Crippen molar-refractivity contribution >= 4 is 11.8 Å². The SMILES string of the molecule is N#CSC#N.NCCc1ccccc1. The summed E-state index contributed by atoms with van der Waals surface area (Å²) in [6.07, 6.45) is 0.987. The van der Waals surface area contributed by atoms with Crippen LogP contribution in [0, 0.1) is 21.3 Å². The van der Waals surface area contributed by atoms with Crippen molar-refractivity contribution in [3.8, 4) is 10.8 Å². The van der Waals surface area contributed by atoms with Gasteiger partial charge >= 0.3 is 0 Å². The molecule has 1 rings (SSSR count). The maximum absolute atomic E-state index is 7.56. The Morgan fingerprint density at radius 3 is 2.07 bits per heavy atom. The van der Waals surface area contributed by atoms with Crippen molar-refractivity contribution in [2.75, 3.05) is 6.54 Å². The molecule has 0 spiro atoms. The molecule has 0 saturated heterocycles. The fourth-order valence-corrected chi connectivity index (χ4v) is 0.873. The molecule has 0 amide bonds. The van der Waals surface area contributed by atoms with Gasteiger partial charge in [0.1, 0.15) is 10.8 Å². The molecule has 2 N–H and O–H groups in total. The zero-order valence-corrected chi connectivity index (χ0v) is 8.50. The third-order valence-electron chi connectivity index (χ3n) is 1.37. The summed E-state index contributed by atoms with van der Waals surface area (Å²) in [7, 11) is 0. The third kappa shape index (κ3) is 7.17. The van der Waals surface area contributed by atoms with Gasteiger partial charge in [-0.1, -0.05) is 30.3 Å². The van der Waals surface area contributed by atoms with Crippen LogP contribution >= 0.6 is 11.8 Å². The van der Waals surface area contributed by atoms with Gasteiger partial charge in [0.15, 0.2) is 0 Å². The molecule has 4 heteroatoms. The molecule has 1 aromatic carbocycles. The lowest BCUT2D eigenvalue weighted by Gasteiger charge is -1.93. The first-order valence-electron chi connectivity index (χ1n) is 4.03. The molecule has 0 saturated carbocycles. The number of nitriles is 2. The van der Waals surface area contributed by atoms with Crippen LogP contribution in [0.5, 0.6) is 0 Å². The van der Waals surface area contributed by atoms with E-state index in [9.17, 15) is 0 Å². The van der Waals surface area contributed by atoms with Crippen LogP contribution < -0.4 is 5.73 Å². The molecule has 14 heavy (non-hydrogen) atoms. The van der Waals surface area contributed by atoms with Crippen molar-refractivity contribution in [1.29, 1.82) is 10.5 Å². The van der Waals surface area contributed by atoms with Crippen LogP contribution in [-0.2, 0) is 6.42 Å². The van der Waals surface area contributed by atoms with Gasteiger partial charge in [-0.2, -0.15) is 10.5 Å². The van der Waals surface area contributed by atoms with Crippen molar-refractivity contribution in [3.05, 3.63) is 35.9 Å². The normalized spacial score (nSPS) is 7.64. The highest BCUT2D eigenvalue weighted by molar-refractivity contribution is 8.07. The fraction of sp³-hybridized carbons (Fsp3) is 0.200. The summed E-state index contributed by atoms with van der Waals surface area (Å²) in [6.45, 7) is 0.740. The van der Waals surface area contributed by atoms with E-state index in [1.807, 2.05) is 18.2 Å². The first-order chi connectivity index (χ1) is 6.85. The van der Waals surface area contributed by atoms with Gasteiger partial charge < -0.3 is 5.73 Å². The van der Waals surface area contributed by atoms with E-state index in [0.717, 1.165) is 13.0 Å². The molecule has 1 aromatic rings. The maximum Gasteiger partial charge on any atom is 0.149 e. The number of nitrogens with zero attached hydrogens (tertiary/aromatic N) is 2. The van der Waals surface area contributed by atoms with E-state index in [-0.39, 0.29) is 0 Å². The molecule has 0 unspecified atom stereocenters. The van der Waals surface area contributed by atoms with Gasteiger partial charge in [-0.25, -0.2) is 0 Å². The number of hydrogen-bond donors (Lipinski definition) is 1. The van der Waals surface area contributed by atoms with E-state index >= 15 is 0 Å². The highest BCUT2D eigenvalue weighted by atomic mass is 32.2. The summed E-state index contributed by atoms with van der Waals surface area (Å²) in [4.78, 5) is 0. The number of benzene rings is 1. The molecule has 3 nitrogen and oxygen atoms in total. The van der Waals surface area contributed by atoms with Crippen molar-refractivity contribution in [3.63, 3.8) is 0 Å². The summed E-state index contributed by atoms with van der Waals surface area (Å²) in [5.74, 6) is 0. The largest absolute Gasteiger partial charge is 0.330 e. The molecule has 0 heterocycles. The fourth-order valence-electron chi connectivity index (χ4n) is 0.832. The minimum absolute atomic E-state index is 0.574. The predicted octanol–water partition coefficient (Wildman–Crippen LogP) is 1.87. The molecule has 0 radical (unpaired) electrons. The summed E-state index contributed by atoms with van der Waals surface area (Å²) < 4.78 is 0. The molecular formula is C10H11N3S. The van der Waals surface area contributed by atoms with Crippen LogP contribution in [0.4, 0.5) is 0 Å². The van der Waals surface area contributed by atoms with Crippen LogP contribution in [0.15, 0.2) is 30.3 Å². The Morgan fingerprint density at radius 2 is 1.71 bits per heavy atom. The number of thiocyanates is 2. The molecule has 0 fully saturated rings. The number of rotatable bonds is 2. The summed E-state index contributed by atoms with van der Waals surface area (Å²) in [5, 5.41) is 18.3. The quantitative estimate of drug-likeness (QED) is 0.748. The zero-order chi connectivity index (χ0) is 10.6. The standard InChI is InChI=1S/C8H11N.C2N2S/c9-7-6-8-4-2-1-3-5-8;3-1-5-2-4/h1-5H,6-7,9H2;. The van der Waals surface area contributed by atoms with Crippen LogP contribution in [-0.4, -0.2) is 6.54 Å². The molecule has 72 valence electrons. The smallest absolute Gasteiger partial charge is 0.149 e. The van der Waals surface area contributed by atoms with Gasteiger partial charge in [0.2, 0.25) is 0 Å². The van der Waals surface area contributed by atoms with Gasteiger partial charge in [-0.05, 0) is 18.5 Å². The summed E-state index contributed by atoms with van der Waals surface area (Å²) in [6, 6.07) is 10.3. The van der Waals surface area contributed by atoms with E-state index in [1.165, 1.54) is 5.56 Å². The van der Waals surface area contributed by atoms with Gasteiger partial charge in [0.05, 0.1) is 11.8 Å². The maximum atomic E-state index is 7.56. The Balaban J connectivity index is 0.000000292. The predicted molar refractivity (Wildman–Crippen MR) is 58.0 cm³/mol. The minimum atomic E-state index is 0.574. The lowest BCUT2D eigenvalue weighted by molar-refractivity contribution is 0.969. The molecule has 0 aliphatic heterocycles. The average molecular weight is 205 g/mol. The van der Waals surface area contributed by atoms with Crippen molar-refractivity contribution < 1.29 is 0 Å². The summed E-state index contributed by atoms with van der Waals surface area (Å²) >= 11 is 0.574. The number of nitrogens with two attached hydrogens (primary N) is 1. The molecule has 0 aromatic heterocycles. The Hall–Kier alpha value is -1.49. The number of hydrogen-bond acceptors (Lipinski definition) is 4. The lowest BCUT2D eigenvalue weighted by atomic mass is 10.2. The first-order valence-corrected chi connectivity index (χ1v) is 4.84. The first kappa shape index (κ1) is 12.5. The highest BCUT2D eigenvalue weighted by Crippen LogP contribution is 1.96. The molecule has 0 aliphatic rings. The van der Waals surface area contributed by atoms with Gasteiger partial charge in [-0.15, -0.1) is 0 Å². The minimum Gasteiger partial charge on any atom is -0.330 e. The second-order valence-electron chi connectivity index (χ2n) is 2.31. The average Bonchev–Trinajstić information content (AvgIpc) is 2.22. The van der Waals surface area contributed by atoms with Gasteiger partial charge in [0.25, 0.3) is 0 Å². The monoisotopic (exact) mass is 205 g/mol. The molecule has 0 aliphatic carbocycles. The second kappa shape index (κ2) is 9.60. The van der Waals surface area contributed by atoms with E-state index < -0.39 is 0 Å². The molecule has 0 bridgehead atoms. The van der Waals surface area contributed by atoms with Crippen molar-refractivity contribution in [2.45, 2.75) is 6.42 Å². The Kier molecular flexibility index (Phi) is 8.58. The van der Waals surface area contributed by atoms with Crippen LogP contribution in [0.1, 0.15) is 5.56 Å². The van der Waals surface area contributed by atoms with E-state index in [2.05, 4.69) is 12.1 Å². The van der Waals surface area contributed by atoms with Crippen LogP contribution in [0.25, 0.3) is 0 Å². The topological polar surface area (TPSA) is 73.6 Å². The van der Waals surface area contributed by atoms with E-state index in [0.29, 0.717) is 11.8 Å². The third-order valence-corrected chi connectivity index (χ3v) is 1.55. The molecule has 0 atom stereocenters. The number of thioether (sulfide) groups is 1. The Morgan fingerprint density at radius 1 is 1.14 bits per heavy atom. The summed E-state index contributed by atoms with van der Waals surface area (Å²) in [5.41, 5.74) is 6.68. The highest BCUT2D eigenvalue weighted by Gasteiger charge is 1.84. The van der Waals surface area contributed by atoms with Gasteiger partial charge in [0, 0.05) is 0 Å². The van der Waals surface area contributed by atoms with E-state index in [4.69, 9.17) is 16.3 Å². The zero-order valence-electron chi connectivity index (χ0n) is 7.68. The second-order valence-corrected chi connectivity index (χ2v) is 2.88.